The van der Waals surface area contributed by atoms with Crippen LogP contribution in [-0.2, 0) is 16.2 Å². The van der Waals surface area contributed by atoms with Crippen LogP contribution < -0.4 is 14.8 Å². The lowest BCUT2D eigenvalue weighted by Crippen LogP contribution is -2.22. The van der Waals surface area contributed by atoms with Crippen molar-refractivity contribution in [2.24, 2.45) is 0 Å². The Balaban J connectivity index is 2.07. The highest BCUT2D eigenvalue weighted by molar-refractivity contribution is 9.10. The van der Waals surface area contributed by atoms with Gasteiger partial charge in [-0.05, 0) is 59.1 Å². The molecule has 160 valence electrons. The average molecular weight is 497 g/mol. The summed E-state index contributed by atoms with van der Waals surface area (Å²) in [6.07, 6.45) is 3.44. The Kier molecular flexibility index (Phi) is 9.70. The molecule has 0 spiro atoms. The van der Waals surface area contributed by atoms with Crippen LogP contribution in [0.25, 0.3) is 6.08 Å². The summed E-state index contributed by atoms with van der Waals surface area (Å²) in [5.41, 5.74) is 1.60. The summed E-state index contributed by atoms with van der Waals surface area (Å²) in [6.45, 7) is 2.91. The Morgan fingerprint density at radius 3 is 2.70 bits per heavy atom. The van der Waals surface area contributed by atoms with Gasteiger partial charge in [0.05, 0.1) is 11.1 Å². The van der Waals surface area contributed by atoms with Crippen molar-refractivity contribution in [3.63, 3.8) is 0 Å². The summed E-state index contributed by atoms with van der Waals surface area (Å²) < 4.78 is 12.3. The quantitative estimate of drug-likeness (QED) is 0.335. The maximum Gasteiger partial charge on any atom is 0.303 e. The van der Waals surface area contributed by atoms with Gasteiger partial charge in [-0.15, -0.1) is 0 Å². The zero-order valence-electron chi connectivity index (χ0n) is 16.5. The average Bonchev–Trinajstić information content (AvgIpc) is 2.70. The van der Waals surface area contributed by atoms with E-state index in [4.69, 9.17) is 26.2 Å². The molecule has 1 amide bonds. The van der Waals surface area contributed by atoms with Crippen LogP contribution in [0.1, 0.15) is 30.9 Å². The minimum Gasteiger partial charge on any atom is -0.490 e. The first-order valence-electron chi connectivity index (χ1n) is 9.41. The van der Waals surface area contributed by atoms with Gasteiger partial charge in [0.1, 0.15) is 6.61 Å². The zero-order chi connectivity index (χ0) is 21.9. The number of carboxylic acid groups (broad SMARTS) is 1. The van der Waals surface area contributed by atoms with Crippen LogP contribution in [0.15, 0.2) is 46.9 Å². The molecule has 0 aliphatic heterocycles. The second-order valence-corrected chi connectivity index (χ2v) is 7.53. The molecule has 2 rings (SSSR count). The second-order valence-electron chi connectivity index (χ2n) is 6.26. The molecule has 0 radical (unpaired) electrons. The lowest BCUT2D eigenvalue weighted by molar-refractivity contribution is -0.137. The molecule has 0 heterocycles. The van der Waals surface area contributed by atoms with Crippen LogP contribution in [0.3, 0.4) is 0 Å². The number of benzene rings is 2. The lowest BCUT2D eigenvalue weighted by atomic mass is 10.1. The fourth-order valence-electron chi connectivity index (χ4n) is 2.53. The lowest BCUT2D eigenvalue weighted by Gasteiger charge is -2.15. The molecule has 30 heavy (non-hydrogen) atoms. The largest absolute Gasteiger partial charge is 0.490 e. The molecule has 0 aromatic heterocycles. The minimum atomic E-state index is -0.884. The number of ether oxygens (including phenoxy) is 2. The maximum atomic E-state index is 11.9. The molecule has 0 atom stereocenters. The number of carbonyl (C=O) groups is 2. The molecule has 0 saturated heterocycles. The van der Waals surface area contributed by atoms with Crippen molar-refractivity contribution in [2.45, 2.75) is 26.4 Å². The molecule has 0 fully saturated rings. The Morgan fingerprint density at radius 2 is 2.00 bits per heavy atom. The number of rotatable bonds is 11. The van der Waals surface area contributed by atoms with Gasteiger partial charge in [-0.1, -0.05) is 29.8 Å². The van der Waals surface area contributed by atoms with E-state index in [-0.39, 0.29) is 18.9 Å². The zero-order valence-corrected chi connectivity index (χ0v) is 18.8. The topological polar surface area (TPSA) is 84.9 Å². The van der Waals surface area contributed by atoms with Gasteiger partial charge in [-0.3, -0.25) is 9.59 Å². The Morgan fingerprint density at radius 1 is 1.23 bits per heavy atom. The maximum absolute atomic E-state index is 11.9. The molecule has 2 aromatic rings. The van der Waals surface area contributed by atoms with Crippen molar-refractivity contribution in [2.75, 3.05) is 13.2 Å². The van der Waals surface area contributed by atoms with Crippen LogP contribution in [0.2, 0.25) is 5.02 Å². The van der Waals surface area contributed by atoms with E-state index in [1.54, 1.807) is 18.2 Å². The second kappa shape index (κ2) is 12.2. The summed E-state index contributed by atoms with van der Waals surface area (Å²) >= 11 is 9.69. The Labute approximate surface area is 189 Å². The van der Waals surface area contributed by atoms with Gasteiger partial charge in [0.25, 0.3) is 0 Å². The van der Waals surface area contributed by atoms with Crippen molar-refractivity contribution in [1.29, 1.82) is 0 Å². The number of hydrogen-bond donors (Lipinski definition) is 2. The minimum absolute atomic E-state index is 0.0182. The normalized spacial score (nSPS) is 10.8. The smallest absolute Gasteiger partial charge is 0.303 e. The Bertz CT molecular complexity index is 916. The number of nitrogens with one attached hydrogen (secondary N) is 1. The first-order valence-corrected chi connectivity index (χ1v) is 10.6. The van der Waals surface area contributed by atoms with E-state index < -0.39 is 5.97 Å². The summed E-state index contributed by atoms with van der Waals surface area (Å²) in [6, 6.07) is 11.0. The highest BCUT2D eigenvalue weighted by atomic mass is 79.9. The summed E-state index contributed by atoms with van der Waals surface area (Å²) in [4.78, 5) is 22.4. The molecule has 2 N–H and O–H groups in total. The van der Waals surface area contributed by atoms with E-state index in [1.165, 1.54) is 6.08 Å². The van der Waals surface area contributed by atoms with Crippen LogP contribution in [0, 0.1) is 0 Å². The monoisotopic (exact) mass is 495 g/mol. The Hall–Kier alpha value is -2.51. The van der Waals surface area contributed by atoms with E-state index in [1.807, 2.05) is 31.2 Å². The predicted molar refractivity (Wildman–Crippen MR) is 120 cm³/mol. The predicted octanol–water partition coefficient (Wildman–Crippen LogP) is 5.07. The third-order valence-corrected chi connectivity index (χ3v) is 4.91. The third kappa shape index (κ3) is 7.72. The molecule has 8 heteroatoms. The highest BCUT2D eigenvalue weighted by Gasteiger charge is 2.13. The van der Waals surface area contributed by atoms with E-state index in [9.17, 15) is 9.59 Å². The van der Waals surface area contributed by atoms with Crippen molar-refractivity contribution >= 4 is 45.5 Å². The van der Waals surface area contributed by atoms with Gasteiger partial charge in [0.2, 0.25) is 5.91 Å². The number of amides is 1. The van der Waals surface area contributed by atoms with Crippen LogP contribution >= 0.6 is 27.5 Å². The van der Waals surface area contributed by atoms with Crippen LogP contribution in [0.5, 0.6) is 11.5 Å². The van der Waals surface area contributed by atoms with E-state index in [2.05, 4.69) is 21.2 Å². The number of hydrogen-bond acceptors (Lipinski definition) is 4. The molecular formula is C22H23BrClNO5. The van der Waals surface area contributed by atoms with Gasteiger partial charge >= 0.3 is 5.97 Å². The summed E-state index contributed by atoms with van der Waals surface area (Å²) in [5.74, 6) is -0.0917. The van der Waals surface area contributed by atoms with Crippen molar-refractivity contribution in [3.05, 3.63) is 63.1 Å². The number of carboxylic acids is 1. The SMILES string of the molecule is CCOc1cc(/C=C/C(=O)NCCCC(=O)O)cc(Br)c1OCc1ccccc1Cl. The van der Waals surface area contributed by atoms with Gasteiger partial charge in [0, 0.05) is 29.6 Å². The van der Waals surface area contributed by atoms with Crippen LogP contribution in [-0.4, -0.2) is 30.1 Å². The van der Waals surface area contributed by atoms with Crippen LogP contribution in [0.4, 0.5) is 0 Å². The first-order chi connectivity index (χ1) is 14.4. The molecule has 2 aromatic carbocycles. The highest BCUT2D eigenvalue weighted by Crippen LogP contribution is 2.38. The number of carbonyl (C=O) groups excluding carboxylic acids is 1. The molecule has 0 bridgehead atoms. The number of halogens is 2. The van der Waals surface area contributed by atoms with Crippen molar-refractivity contribution in [1.82, 2.24) is 5.32 Å². The standard InChI is InChI=1S/C22H23BrClNO5/c1-2-29-19-13-15(9-10-20(26)25-11-5-8-21(27)28)12-17(23)22(19)30-14-16-6-3-4-7-18(16)24/h3-4,6-7,9-10,12-13H,2,5,8,11,14H2,1H3,(H,25,26)(H,27,28)/b10-9+. The summed E-state index contributed by atoms with van der Waals surface area (Å²) in [7, 11) is 0. The molecular weight excluding hydrogens is 474 g/mol. The van der Waals surface area contributed by atoms with Crippen molar-refractivity contribution in [3.8, 4) is 11.5 Å². The van der Waals surface area contributed by atoms with Gasteiger partial charge in [-0.25, -0.2) is 0 Å². The van der Waals surface area contributed by atoms with Gasteiger partial charge < -0.3 is 19.9 Å². The molecule has 0 aliphatic carbocycles. The van der Waals surface area contributed by atoms with E-state index >= 15 is 0 Å². The van der Waals surface area contributed by atoms with E-state index in [0.29, 0.717) is 40.6 Å². The van der Waals surface area contributed by atoms with E-state index in [0.717, 1.165) is 11.1 Å². The van der Waals surface area contributed by atoms with Crippen molar-refractivity contribution < 1.29 is 24.2 Å². The fraction of sp³-hybridized carbons (Fsp3) is 0.273. The van der Waals surface area contributed by atoms with Gasteiger partial charge in [-0.2, -0.15) is 0 Å². The molecule has 0 unspecified atom stereocenters. The number of aliphatic carboxylic acids is 1. The molecule has 0 aliphatic rings. The fourth-order valence-corrected chi connectivity index (χ4v) is 3.30. The van der Waals surface area contributed by atoms with Gasteiger partial charge in [0.15, 0.2) is 11.5 Å². The first kappa shape index (κ1) is 23.8. The molecule has 6 nitrogen and oxygen atoms in total. The summed E-state index contributed by atoms with van der Waals surface area (Å²) in [5, 5.41) is 11.9. The third-order valence-electron chi connectivity index (χ3n) is 3.96. The molecule has 0 saturated carbocycles.